The Labute approximate surface area is 127 Å². The molecule has 1 rings (SSSR count). The van der Waals surface area contributed by atoms with E-state index in [1.54, 1.807) is 0 Å². The molecule has 0 aromatic heterocycles. The van der Waals surface area contributed by atoms with Gasteiger partial charge in [0.2, 0.25) is 0 Å². The molecule has 1 heterocycles. The van der Waals surface area contributed by atoms with E-state index in [2.05, 4.69) is 50.0 Å². The van der Waals surface area contributed by atoms with E-state index in [0.717, 1.165) is 24.9 Å². The van der Waals surface area contributed by atoms with E-state index in [-0.39, 0.29) is 0 Å². The summed E-state index contributed by atoms with van der Waals surface area (Å²) in [5, 5.41) is 3.65. The number of rotatable bonds is 9. The highest BCUT2D eigenvalue weighted by molar-refractivity contribution is 4.77. The minimum atomic E-state index is 0.707. The lowest BCUT2D eigenvalue weighted by Crippen LogP contribution is -2.44. The lowest BCUT2D eigenvalue weighted by Gasteiger charge is -2.35. The number of nitrogens with zero attached hydrogens (tertiary/aromatic N) is 2. The minimum absolute atomic E-state index is 0.707. The van der Waals surface area contributed by atoms with Crippen molar-refractivity contribution in [2.75, 3.05) is 46.8 Å². The van der Waals surface area contributed by atoms with Crippen molar-refractivity contribution >= 4 is 0 Å². The fourth-order valence-electron chi connectivity index (χ4n) is 3.15. The maximum Gasteiger partial charge on any atom is 0.0217 e. The van der Waals surface area contributed by atoms with E-state index in [0.29, 0.717) is 6.04 Å². The van der Waals surface area contributed by atoms with Gasteiger partial charge in [-0.2, -0.15) is 0 Å². The molecule has 3 nitrogen and oxygen atoms in total. The Morgan fingerprint density at radius 3 is 2.40 bits per heavy atom. The zero-order valence-corrected chi connectivity index (χ0v) is 14.5. The molecule has 0 spiro atoms. The normalized spacial score (nSPS) is 19.9. The van der Waals surface area contributed by atoms with E-state index < -0.39 is 0 Å². The van der Waals surface area contributed by atoms with Crippen LogP contribution >= 0.6 is 0 Å². The van der Waals surface area contributed by atoms with Crippen LogP contribution in [-0.4, -0.2) is 62.7 Å². The van der Waals surface area contributed by atoms with Crippen LogP contribution in [0.4, 0.5) is 0 Å². The highest BCUT2D eigenvalue weighted by Gasteiger charge is 2.21. The average molecular weight is 284 g/mol. The van der Waals surface area contributed by atoms with Gasteiger partial charge in [0.05, 0.1) is 0 Å². The molecular formula is C17H37N3. The molecule has 1 aliphatic heterocycles. The van der Waals surface area contributed by atoms with Gasteiger partial charge < -0.3 is 15.1 Å². The first kappa shape index (κ1) is 17.9. The molecule has 0 aliphatic carbocycles. The number of piperidine rings is 1. The van der Waals surface area contributed by atoms with Crippen molar-refractivity contribution in [3.05, 3.63) is 0 Å². The molecule has 1 aliphatic rings. The summed E-state index contributed by atoms with van der Waals surface area (Å²) in [5.41, 5.74) is 0. The lowest BCUT2D eigenvalue weighted by molar-refractivity contribution is 0.143. The molecule has 0 bridgehead atoms. The molecule has 120 valence electrons. The van der Waals surface area contributed by atoms with Gasteiger partial charge in [-0.15, -0.1) is 0 Å². The molecule has 1 unspecified atom stereocenters. The van der Waals surface area contributed by atoms with Gasteiger partial charge in [-0.05, 0) is 64.8 Å². The molecule has 0 amide bonds. The highest BCUT2D eigenvalue weighted by atomic mass is 15.2. The van der Waals surface area contributed by atoms with Crippen LogP contribution in [0.15, 0.2) is 0 Å². The van der Waals surface area contributed by atoms with E-state index >= 15 is 0 Å². The van der Waals surface area contributed by atoms with Gasteiger partial charge in [-0.1, -0.05) is 27.2 Å². The zero-order valence-electron chi connectivity index (χ0n) is 14.5. The molecule has 0 aromatic rings. The largest absolute Gasteiger partial charge is 0.315 e. The maximum absolute atomic E-state index is 3.65. The van der Waals surface area contributed by atoms with Crippen LogP contribution in [0, 0.1) is 11.8 Å². The molecule has 1 N–H and O–H groups in total. The van der Waals surface area contributed by atoms with Crippen LogP contribution < -0.4 is 5.32 Å². The number of hydrogen-bond donors (Lipinski definition) is 1. The fourth-order valence-corrected chi connectivity index (χ4v) is 3.15. The average Bonchev–Trinajstić information content (AvgIpc) is 2.40. The Morgan fingerprint density at radius 2 is 1.85 bits per heavy atom. The molecule has 1 atom stereocenters. The van der Waals surface area contributed by atoms with Crippen molar-refractivity contribution < 1.29 is 0 Å². The summed E-state index contributed by atoms with van der Waals surface area (Å²) in [5.74, 6) is 1.65. The molecule has 3 heteroatoms. The standard InChI is InChI=1S/C17H37N3/c1-6-7-17(13-18-12-15(2)3)20(5)14-16-8-10-19(4)11-9-16/h15-18H,6-14H2,1-5H3. The van der Waals surface area contributed by atoms with Gasteiger partial charge in [0.15, 0.2) is 0 Å². The van der Waals surface area contributed by atoms with Gasteiger partial charge in [0.25, 0.3) is 0 Å². The molecule has 0 saturated carbocycles. The Kier molecular flexibility index (Phi) is 8.74. The number of hydrogen-bond acceptors (Lipinski definition) is 3. The molecular weight excluding hydrogens is 246 g/mol. The van der Waals surface area contributed by atoms with Gasteiger partial charge in [-0.3, -0.25) is 0 Å². The highest BCUT2D eigenvalue weighted by Crippen LogP contribution is 2.18. The van der Waals surface area contributed by atoms with Gasteiger partial charge >= 0.3 is 0 Å². The Bertz CT molecular complexity index is 234. The zero-order chi connectivity index (χ0) is 15.0. The summed E-state index contributed by atoms with van der Waals surface area (Å²) in [7, 11) is 4.57. The van der Waals surface area contributed by atoms with E-state index in [1.165, 1.54) is 45.3 Å². The molecule has 1 saturated heterocycles. The first-order valence-corrected chi connectivity index (χ1v) is 8.62. The van der Waals surface area contributed by atoms with Gasteiger partial charge in [-0.25, -0.2) is 0 Å². The quantitative estimate of drug-likeness (QED) is 0.702. The lowest BCUT2D eigenvalue weighted by atomic mass is 9.95. The van der Waals surface area contributed by atoms with E-state index in [9.17, 15) is 0 Å². The maximum atomic E-state index is 3.65. The van der Waals surface area contributed by atoms with Crippen molar-refractivity contribution in [3.8, 4) is 0 Å². The van der Waals surface area contributed by atoms with E-state index in [1.807, 2.05) is 0 Å². The number of likely N-dealkylation sites (tertiary alicyclic amines) is 1. The van der Waals surface area contributed by atoms with Crippen LogP contribution in [0.3, 0.4) is 0 Å². The molecule has 20 heavy (non-hydrogen) atoms. The third kappa shape index (κ3) is 7.05. The first-order chi connectivity index (χ1) is 9.52. The third-order valence-corrected chi connectivity index (χ3v) is 4.56. The van der Waals surface area contributed by atoms with Gasteiger partial charge in [0, 0.05) is 19.1 Å². The number of likely N-dealkylation sites (N-methyl/N-ethyl adjacent to an activating group) is 1. The summed E-state index contributed by atoms with van der Waals surface area (Å²) >= 11 is 0. The Morgan fingerprint density at radius 1 is 1.20 bits per heavy atom. The smallest absolute Gasteiger partial charge is 0.0217 e. The SMILES string of the molecule is CCCC(CNCC(C)C)N(C)CC1CCN(C)CC1. The van der Waals surface area contributed by atoms with Crippen molar-refractivity contribution in [2.24, 2.45) is 11.8 Å². The summed E-state index contributed by atoms with van der Waals surface area (Å²) < 4.78 is 0. The predicted octanol–water partition coefficient (Wildman–Crippen LogP) is 2.67. The monoisotopic (exact) mass is 283 g/mol. The van der Waals surface area contributed by atoms with Gasteiger partial charge in [0.1, 0.15) is 0 Å². The second kappa shape index (κ2) is 9.75. The summed E-state index contributed by atoms with van der Waals surface area (Å²) in [4.78, 5) is 5.08. The topological polar surface area (TPSA) is 18.5 Å². The minimum Gasteiger partial charge on any atom is -0.315 e. The Hall–Kier alpha value is -0.120. The van der Waals surface area contributed by atoms with Crippen molar-refractivity contribution in [2.45, 2.75) is 52.5 Å². The first-order valence-electron chi connectivity index (χ1n) is 8.62. The van der Waals surface area contributed by atoms with Crippen LogP contribution in [0.1, 0.15) is 46.5 Å². The van der Waals surface area contributed by atoms with Crippen LogP contribution in [0.2, 0.25) is 0 Å². The van der Waals surface area contributed by atoms with Crippen LogP contribution in [0.25, 0.3) is 0 Å². The van der Waals surface area contributed by atoms with Crippen molar-refractivity contribution in [3.63, 3.8) is 0 Å². The molecule has 1 fully saturated rings. The fraction of sp³-hybridized carbons (Fsp3) is 1.00. The second-order valence-electron chi connectivity index (χ2n) is 7.18. The summed E-state index contributed by atoms with van der Waals surface area (Å²) in [6, 6.07) is 0.707. The number of nitrogens with one attached hydrogen (secondary N) is 1. The second-order valence-corrected chi connectivity index (χ2v) is 7.18. The van der Waals surface area contributed by atoms with E-state index in [4.69, 9.17) is 0 Å². The summed E-state index contributed by atoms with van der Waals surface area (Å²) in [6.07, 6.45) is 5.35. The summed E-state index contributed by atoms with van der Waals surface area (Å²) in [6.45, 7) is 13.0. The molecule has 0 radical (unpaired) electrons. The van der Waals surface area contributed by atoms with Crippen molar-refractivity contribution in [1.82, 2.24) is 15.1 Å². The van der Waals surface area contributed by atoms with Crippen LogP contribution in [-0.2, 0) is 0 Å². The predicted molar refractivity (Wildman–Crippen MR) is 89.3 cm³/mol. The molecule has 0 aromatic carbocycles. The van der Waals surface area contributed by atoms with Crippen LogP contribution in [0.5, 0.6) is 0 Å². The Balaban J connectivity index is 2.32. The van der Waals surface area contributed by atoms with Crippen molar-refractivity contribution in [1.29, 1.82) is 0 Å². The third-order valence-electron chi connectivity index (χ3n) is 4.56.